The van der Waals surface area contributed by atoms with Gasteiger partial charge in [-0.15, -0.1) is 0 Å². The van der Waals surface area contributed by atoms with Gasteiger partial charge in [0.15, 0.2) is 0 Å². The zero-order valence-corrected chi connectivity index (χ0v) is 11.8. The molecule has 1 aromatic rings. The minimum Gasteiger partial charge on any atom is -0.388 e. The summed E-state index contributed by atoms with van der Waals surface area (Å²) >= 11 is 0. The van der Waals surface area contributed by atoms with Crippen molar-refractivity contribution >= 4 is 11.4 Å². The number of anilines is 1. The number of hydrogen-bond acceptors (Lipinski definition) is 5. The SMILES string of the molecule is N#Cc1ccc([N+](=O)[O-])c(NCC2(O)CCCCCC2)c1. The maximum atomic E-state index is 11.0. The van der Waals surface area contributed by atoms with Crippen LogP contribution in [0.25, 0.3) is 0 Å². The fraction of sp³-hybridized carbons (Fsp3) is 0.533. The molecule has 1 aliphatic rings. The van der Waals surface area contributed by atoms with Crippen LogP contribution in [0.2, 0.25) is 0 Å². The highest BCUT2D eigenvalue weighted by Crippen LogP contribution is 2.30. The summed E-state index contributed by atoms with van der Waals surface area (Å²) in [6.07, 6.45) is 5.58. The Labute approximate surface area is 123 Å². The molecule has 0 amide bonds. The lowest BCUT2D eigenvalue weighted by Crippen LogP contribution is -2.36. The molecule has 0 radical (unpaired) electrons. The zero-order valence-electron chi connectivity index (χ0n) is 11.8. The van der Waals surface area contributed by atoms with Gasteiger partial charge in [-0.2, -0.15) is 5.26 Å². The quantitative estimate of drug-likeness (QED) is 0.504. The third kappa shape index (κ3) is 3.92. The molecule has 0 spiro atoms. The summed E-state index contributed by atoms with van der Waals surface area (Å²) < 4.78 is 0. The van der Waals surface area contributed by atoms with Crippen molar-refractivity contribution in [1.82, 2.24) is 0 Å². The van der Waals surface area contributed by atoms with Crippen molar-refractivity contribution in [3.05, 3.63) is 33.9 Å². The van der Waals surface area contributed by atoms with Gasteiger partial charge in [0.25, 0.3) is 5.69 Å². The third-order valence-corrected chi connectivity index (χ3v) is 3.96. The number of benzene rings is 1. The largest absolute Gasteiger partial charge is 0.388 e. The van der Waals surface area contributed by atoms with E-state index in [9.17, 15) is 15.2 Å². The molecule has 6 heteroatoms. The molecule has 0 heterocycles. The van der Waals surface area contributed by atoms with Crippen molar-refractivity contribution in [3.8, 4) is 6.07 Å². The predicted octanol–water partition coefficient (Wildman–Crippen LogP) is 2.96. The molecule has 0 atom stereocenters. The minimum absolute atomic E-state index is 0.0776. The van der Waals surface area contributed by atoms with E-state index in [1.54, 1.807) is 0 Å². The number of aliphatic hydroxyl groups is 1. The fourth-order valence-electron chi connectivity index (χ4n) is 2.73. The Hall–Kier alpha value is -2.13. The van der Waals surface area contributed by atoms with E-state index in [2.05, 4.69) is 5.32 Å². The van der Waals surface area contributed by atoms with Crippen LogP contribution >= 0.6 is 0 Å². The molecule has 1 aromatic carbocycles. The lowest BCUT2D eigenvalue weighted by molar-refractivity contribution is -0.384. The second kappa shape index (κ2) is 6.55. The molecule has 0 saturated heterocycles. The van der Waals surface area contributed by atoms with Gasteiger partial charge in [0.2, 0.25) is 0 Å². The van der Waals surface area contributed by atoms with Crippen molar-refractivity contribution in [1.29, 1.82) is 5.26 Å². The molecule has 0 bridgehead atoms. The number of nitrogens with one attached hydrogen (secondary N) is 1. The van der Waals surface area contributed by atoms with Crippen molar-refractivity contribution in [2.24, 2.45) is 0 Å². The molecule has 21 heavy (non-hydrogen) atoms. The van der Waals surface area contributed by atoms with Gasteiger partial charge >= 0.3 is 0 Å². The molecular weight excluding hydrogens is 270 g/mol. The number of rotatable bonds is 4. The molecule has 2 rings (SSSR count). The van der Waals surface area contributed by atoms with E-state index in [1.165, 1.54) is 18.2 Å². The van der Waals surface area contributed by atoms with Gasteiger partial charge in [0.1, 0.15) is 5.69 Å². The van der Waals surface area contributed by atoms with Crippen LogP contribution in [0.3, 0.4) is 0 Å². The van der Waals surface area contributed by atoms with Crippen LogP contribution in [0.15, 0.2) is 18.2 Å². The zero-order chi connectivity index (χ0) is 15.3. The molecule has 1 fully saturated rings. The number of nitriles is 1. The first-order valence-corrected chi connectivity index (χ1v) is 7.19. The normalized spacial score (nSPS) is 17.5. The Morgan fingerprint density at radius 1 is 1.33 bits per heavy atom. The van der Waals surface area contributed by atoms with Crippen LogP contribution in [0.4, 0.5) is 11.4 Å². The number of nitrogens with zero attached hydrogens (tertiary/aromatic N) is 2. The van der Waals surface area contributed by atoms with Gasteiger partial charge in [-0.25, -0.2) is 0 Å². The molecular formula is C15H19N3O3. The van der Waals surface area contributed by atoms with E-state index in [1.807, 2.05) is 6.07 Å². The van der Waals surface area contributed by atoms with Crippen molar-refractivity contribution in [2.75, 3.05) is 11.9 Å². The first-order valence-electron chi connectivity index (χ1n) is 7.19. The van der Waals surface area contributed by atoms with Gasteiger partial charge in [-0.3, -0.25) is 10.1 Å². The van der Waals surface area contributed by atoms with Gasteiger partial charge in [0.05, 0.1) is 22.2 Å². The minimum atomic E-state index is -0.826. The maximum Gasteiger partial charge on any atom is 0.292 e. The van der Waals surface area contributed by atoms with Gasteiger partial charge in [-0.1, -0.05) is 25.7 Å². The average Bonchev–Trinajstić information content (AvgIpc) is 2.70. The topological polar surface area (TPSA) is 99.2 Å². The highest BCUT2D eigenvalue weighted by molar-refractivity contribution is 5.64. The Morgan fingerprint density at radius 2 is 2.00 bits per heavy atom. The number of nitro benzene ring substituents is 1. The lowest BCUT2D eigenvalue weighted by Gasteiger charge is -2.27. The summed E-state index contributed by atoms with van der Waals surface area (Å²) in [4.78, 5) is 10.5. The van der Waals surface area contributed by atoms with E-state index in [-0.39, 0.29) is 17.9 Å². The molecule has 1 aliphatic carbocycles. The second-order valence-electron chi connectivity index (χ2n) is 5.59. The number of hydrogen-bond donors (Lipinski definition) is 2. The fourth-order valence-corrected chi connectivity index (χ4v) is 2.73. The van der Waals surface area contributed by atoms with Gasteiger partial charge in [-0.05, 0) is 25.0 Å². The van der Waals surface area contributed by atoms with Crippen molar-refractivity contribution in [2.45, 2.75) is 44.1 Å². The standard InChI is InChI=1S/C15H19N3O3/c16-10-12-5-6-14(18(20)21)13(9-12)17-11-15(19)7-3-1-2-4-8-15/h5-6,9,17,19H,1-4,7-8,11H2. The van der Waals surface area contributed by atoms with Gasteiger partial charge in [0, 0.05) is 12.6 Å². The summed E-state index contributed by atoms with van der Waals surface area (Å²) in [5.74, 6) is 0. The van der Waals surface area contributed by atoms with Crippen molar-refractivity contribution in [3.63, 3.8) is 0 Å². The van der Waals surface area contributed by atoms with Crippen LogP contribution in [0.1, 0.15) is 44.1 Å². The molecule has 0 aliphatic heterocycles. The highest BCUT2D eigenvalue weighted by Gasteiger charge is 2.28. The van der Waals surface area contributed by atoms with E-state index in [4.69, 9.17) is 5.26 Å². The van der Waals surface area contributed by atoms with Crippen LogP contribution in [0, 0.1) is 21.4 Å². The Kier molecular flexibility index (Phi) is 4.76. The molecule has 0 aromatic heterocycles. The van der Waals surface area contributed by atoms with Crippen LogP contribution in [-0.4, -0.2) is 22.2 Å². The molecule has 112 valence electrons. The highest BCUT2D eigenvalue weighted by atomic mass is 16.6. The first kappa shape index (κ1) is 15.3. The van der Waals surface area contributed by atoms with Crippen molar-refractivity contribution < 1.29 is 10.0 Å². The number of nitro groups is 1. The van der Waals surface area contributed by atoms with Crippen LogP contribution in [-0.2, 0) is 0 Å². The summed E-state index contributed by atoms with van der Waals surface area (Å²) in [7, 11) is 0. The smallest absolute Gasteiger partial charge is 0.292 e. The second-order valence-corrected chi connectivity index (χ2v) is 5.59. The first-order chi connectivity index (χ1) is 10.0. The van der Waals surface area contributed by atoms with Crippen LogP contribution < -0.4 is 5.32 Å². The summed E-state index contributed by atoms with van der Waals surface area (Å²) in [5, 5.41) is 33.5. The Morgan fingerprint density at radius 3 is 2.57 bits per heavy atom. The average molecular weight is 289 g/mol. The van der Waals surface area contributed by atoms with Crippen LogP contribution in [0.5, 0.6) is 0 Å². The van der Waals surface area contributed by atoms with E-state index < -0.39 is 10.5 Å². The van der Waals surface area contributed by atoms with Gasteiger partial charge < -0.3 is 10.4 Å². The van der Waals surface area contributed by atoms with E-state index in [0.29, 0.717) is 18.4 Å². The van der Waals surface area contributed by atoms with E-state index >= 15 is 0 Å². The monoisotopic (exact) mass is 289 g/mol. The molecule has 6 nitrogen and oxygen atoms in total. The maximum absolute atomic E-state index is 11.0. The Bertz CT molecular complexity index is 558. The predicted molar refractivity (Wildman–Crippen MR) is 79.0 cm³/mol. The van der Waals surface area contributed by atoms with E-state index in [0.717, 1.165) is 25.7 Å². The third-order valence-electron chi connectivity index (χ3n) is 3.96. The summed E-state index contributed by atoms with van der Waals surface area (Å²) in [6.45, 7) is 0.267. The Balaban J connectivity index is 2.14. The molecule has 2 N–H and O–H groups in total. The lowest BCUT2D eigenvalue weighted by atomic mass is 9.94. The molecule has 0 unspecified atom stereocenters. The summed E-state index contributed by atoms with van der Waals surface area (Å²) in [6, 6.07) is 6.16. The molecule has 1 saturated carbocycles. The summed E-state index contributed by atoms with van der Waals surface area (Å²) in [5.41, 5.74) is -0.258.